The molecule has 0 amide bonds. The van der Waals surface area contributed by atoms with Crippen molar-refractivity contribution in [1.82, 2.24) is 0 Å². The molecule has 0 aliphatic carbocycles. The molecule has 2 nitrogen and oxygen atoms in total. The minimum atomic E-state index is 0.267. The highest BCUT2D eigenvalue weighted by Gasteiger charge is 2.04. The van der Waals surface area contributed by atoms with E-state index in [4.69, 9.17) is 10.5 Å². The van der Waals surface area contributed by atoms with Gasteiger partial charge in [0.15, 0.2) is 0 Å². The third-order valence-corrected chi connectivity index (χ3v) is 2.94. The molecular weight excluding hydrogens is 210 g/mol. The Kier molecular flexibility index (Phi) is 5.49. The van der Waals surface area contributed by atoms with Crippen LogP contribution in [0.4, 0.5) is 0 Å². The van der Waals surface area contributed by atoms with E-state index in [0.717, 1.165) is 25.2 Å². The summed E-state index contributed by atoms with van der Waals surface area (Å²) in [4.78, 5) is 0. The van der Waals surface area contributed by atoms with Crippen molar-refractivity contribution in [3.05, 3.63) is 29.3 Å². The highest BCUT2D eigenvalue weighted by atomic mass is 16.5. The molecule has 0 spiro atoms. The van der Waals surface area contributed by atoms with Crippen LogP contribution in [0.1, 0.15) is 50.7 Å². The molecule has 0 saturated carbocycles. The van der Waals surface area contributed by atoms with E-state index >= 15 is 0 Å². The van der Waals surface area contributed by atoms with Gasteiger partial charge < -0.3 is 10.5 Å². The van der Waals surface area contributed by atoms with Crippen molar-refractivity contribution in [2.75, 3.05) is 6.61 Å². The first kappa shape index (κ1) is 14.0. The van der Waals surface area contributed by atoms with Gasteiger partial charge in [-0.2, -0.15) is 0 Å². The number of benzene rings is 1. The maximum absolute atomic E-state index is 5.72. The third-order valence-electron chi connectivity index (χ3n) is 2.94. The standard InChI is InChI=1S/C15H25NO/c1-11(2)15-8-7-14(10-12(15)3)17-9-5-6-13(4)16/h7-8,10-11,13H,5-6,9,16H2,1-4H3. The minimum Gasteiger partial charge on any atom is -0.494 e. The van der Waals surface area contributed by atoms with Crippen LogP contribution in [-0.4, -0.2) is 12.6 Å². The molecule has 2 heteroatoms. The molecule has 1 aromatic carbocycles. The number of ether oxygens (including phenoxy) is 1. The maximum Gasteiger partial charge on any atom is 0.119 e. The summed E-state index contributed by atoms with van der Waals surface area (Å²) in [6.45, 7) is 9.35. The van der Waals surface area contributed by atoms with E-state index in [1.165, 1.54) is 11.1 Å². The van der Waals surface area contributed by atoms with E-state index in [2.05, 4.69) is 39.0 Å². The molecule has 0 bridgehead atoms. The summed E-state index contributed by atoms with van der Waals surface area (Å²) >= 11 is 0. The van der Waals surface area contributed by atoms with Gasteiger partial charge in [0, 0.05) is 6.04 Å². The van der Waals surface area contributed by atoms with E-state index in [1.807, 2.05) is 6.92 Å². The molecule has 0 aromatic heterocycles. The predicted octanol–water partition coefficient (Wildman–Crippen LogP) is 3.62. The van der Waals surface area contributed by atoms with Crippen LogP contribution in [0.3, 0.4) is 0 Å². The molecule has 1 atom stereocenters. The molecule has 2 N–H and O–H groups in total. The van der Waals surface area contributed by atoms with Gasteiger partial charge in [-0.05, 0) is 55.9 Å². The fraction of sp³-hybridized carbons (Fsp3) is 0.600. The second kappa shape index (κ2) is 6.65. The van der Waals surface area contributed by atoms with Crippen LogP contribution in [0.2, 0.25) is 0 Å². The summed E-state index contributed by atoms with van der Waals surface area (Å²) in [7, 11) is 0. The Hall–Kier alpha value is -1.02. The van der Waals surface area contributed by atoms with Crippen LogP contribution in [0.15, 0.2) is 18.2 Å². The average Bonchev–Trinajstić information content (AvgIpc) is 2.23. The normalized spacial score (nSPS) is 12.8. The zero-order chi connectivity index (χ0) is 12.8. The first-order chi connectivity index (χ1) is 8.00. The van der Waals surface area contributed by atoms with Gasteiger partial charge in [0.25, 0.3) is 0 Å². The van der Waals surface area contributed by atoms with E-state index in [1.54, 1.807) is 0 Å². The topological polar surface area (TPSA) is 35.2 Å². The molecule has 0 aliphatic rings. The van der Waals surface area contributed by atoms with Gasteiger partial charge >= 0.3 is 0 Å². The molecule has 17 heavy (non-hydrogen) atoms. The SMILES string of the molecule is Cc1cc(OCCCC(C)N)ccc1C(C)C. The van der Waals surface area contributed by atoms with Crippen LogP contribution >= 0.6 is 0 Å². The summed E-state index contributed by atoms with van der Waals surface area (Å²) in [6.07, 6.45) is 2.03. The second-order valence-corrected chi connectivity index (χ2v) is 5.14. The van der Waals surface area contributed by atoms with E-state index < -0.39 is 0 Å². The van der Waals surface area contributed by atoms with Gasteiger partial charge in [-0.1, -0.05) is 19.9 Å². The minimum absolute atomic E-state index is 0.267. The van der Waals surface area contributed by atoms with Crippen LogP contribution in [0.5, 0.6) is 5.75 Å². The first-order valence-corrected chi connectivity index (χ1v) is 6.49. The molecular formula is C15H25NO. The lowest BCUT2D eigenvalue weighted by Gasteiger charge is -2.12. The number of hydrogen-bond acceptors (Lipinski definition) is 2. The Bertz CT molecular complexity index is 345. The van der Waals surface area contributed by atoms with E-state index in [0.29, 0.717) is 5.92 Å². The quantitative estimate of drug-likeness (QED) is 0.764. The summed E-state index contributed by atoms with van der Waals surface area (Å²) in [5.74, 6) is 1.54. The van der Waals surface area contributed by atoms with Crippen LogP contribution in [-0.2, 0) is 0 Å². The Balaban J connectivity index is 2.47. The summed E-state index contributed by atoms with van der Waals surface area (Å²) < 4.78 is 5.72. The predicted molar refractivity (Wildman–Crippen MR) is 73.6 cm³/mol. The summed E-state index contributed by atoms with van der Waals surface area (Å²) in [6, 6.07) is 6.62. The molecule has 0 fully saturated rings. The van der Waals surface area contributed by atoms with Gasteiger partial charge in [-0.25, -0.2) is 0 Å². The van der Waals surface area contributed by atoms with Crippen molar-refractivity contribution in [2.24, 2.45) is 5.73 Å². The monoisotopic (exact) mass is 235 g/mol. The fourth-order valence-corrected chi connectivity index (χ4v) is 1.98. The van der Waals surface area contributed by atoms with Crippen molar-refractivity contribution in [3.8, 4) is 5.75 Å². The fourth-order valence-electron chi connectivity index (χ4n) is 1.98. The molecule has 0 saturated heterocycles. The third kappa shape index (κ3) is 4.78. The summed E-state index contributed by atoms with van der Waals surface area (Å²) in [5.41, 5.74) is 8.40. The van der Waals surface area contributed by atoms with Crippen LogP contribution in [0, 0.1) is 6.92 Å². The van der Waals surface area contributed by atoms with Gasteiger partial charge in [0.1, 0.15) is 5.75 Å². The first-order valence-electron chi connectivity index (χ1n) is 6.49. The number of hydrogen-bond donors (Lipinski definition) is 1. The number of rotatable bonds is 6. The molecule has 1 unspecified atom stereocenters. The Morgan fingerprint density at radius 1 is 1.24 bits per heavy atom. The van der Waals surface area contributed by atoms with Crippen LogP contribution in [0.25, 0.3) is 0 Å². The van der Waals surface area contributed by atoms with Crippen molar-refractivity contribution in [1.29, 1.82) is 0 Å². The van der Waals surface area contributed by atoms with Gasteiger partial charge in [0.2, 0.25) is 0 Å². The van der Waals surface area contributed by atoms with Crippen molar-refractivity contribution in [2.45, 2.75) is 52.5 Å². The van der Waals surface area contributed by atoms with E-state index in [-0.39, 0.29) is 6.04 Å². The van der Waals surface area contributed by atoms with Gasteiger partial charge in [0.05, 0.1) is 6.61 Å². The number of aryl methyl sites for hydroxylation is 1. The molecule has 96 valence electrons. The lowest BCUT2D eigenvalue weighted by Crippen LogP contribution is -2.15. The highest BCUT2D eigenvalue weighted by molar-refractivity contribution is 5.36. The average molecular weight is 235 g/mol. The Morgan fingerprint density at radius 2 is 1.94 bits per heavy atom. The number of nitrogens with two attached hydrogens (primary N) is 1. The highest BCUT2D eigenvalue weighted by Crippen LogP contribution is 2.23. The van der Waals surface area contributed by atoms with Gasteiger partial charge in [-0.3, -0.25) is 0 Å². The lowest BCUT2D eigenvalue weighted by atomic mass is 9.98. The zero-order valence-corrected chi connectivity index (χ0v) is 11.5. The summed E-state index contributed by atoms with van der Waals surface area (Å²) in [5, 5.41) is 0. The van der Waals surface area contributed by atoms with E-state index in [9.17, 15) is 0 Å². The van der Waals surface area contributed by atoms with Crippen molar-refractivity contribution >= 4 is 0 Å². The maximum atomic E-state index is 5.72. The molecule has 0 heterocycles. The molecule has 0 radical (unpaired) electrons. The van der Waals surface area contributed by atoms with Crippen molar-refractivity contribution < 1.29 is 4.74 Å². The smallest absolute Gasteiger partial charge is 0.119 e. The lowest BCUT2D eigenvalue weighted by molar-refractivity contribution is 0.302. The van der Waals surface area contributed by atoms with Crippen LogP contribution < -0.4 is 10.5 Å². The Morgan fingerprint density at radius 3 is 2.47 bits per heavy atom. The molecule has 0 aliphatic heterocycles. The largest absolute Gasteiger partial charge is 0.494 e. The second-order valence-electron chi connectivity index (χ2n) is 5.14. The molecule has 1 rings (SSSR count). The van der Waals surface area contributed by atoms with Crippen molar-refractivity contribution in [3.63, 3.8) is 0 Å². The Labute approximate surface area is 105 Å². The zero-order valence-electron chi connectivity index (χ0n) is 11.5. The van der Waals surface area contributed by atoms with Gasteiger partial charge in [-0.15, -0.1) is 0 Å². The molecule has 1 aromatic rings.